The van der Waals surface area contributed by atoms with Gasteiger partial charge in [0.05, 0.1) is 0 Å². The number of hydrogen-bond acceptors (Lipinski definition) is 1. The van der Waals surface area contributed by atoms with E-state index in [-0.39, 0.29) is 0 Å². The molecule has 1 nitrogen and oxygen atoms in total. The number of hydrogen-bond donors (Lipinski definition) is 1. The van der Waals surface area contributed by atoms with Gasteiger partial charge >= 0.3 is 0 Å². The molecular formula is C18H21N. The summed E-state index contributed by atoms with van der Waals surface area (Å²) in [5, 5.41) is 3.47. The van der Waals surface area contributed by atoms with Crippen LogP contribution in [0.5, 0.6) is 0 Å². The van der Waals surface area contributed by atoms with Gasteiger partial charge in [0.25, 0.3) is 0 Å². The third-order valence-electron chi connectivity index (χ3n) is 4.22. The second-order valence-electron chi connectivity index (χ2n) is 5.56. The molecule has 0 fully saturated rings. The Morgan fingerprint density at radius 2 is 2.00 bits per heavy atom. The summed E-state index contributed by atoms with van der Waals surface area (Å²) in [4.78, 5) is 0. The summed E-state index contributed by atoms with van der Waals surface area (Å²) in [6.45, 7) is 5.53. The lowest BCUT2D eigenvalue weighted by atomic mass is 9.94. The Bertz CT molecular complexity index is 599. The highest BCUT2D eigenvalue weighted by atomic mass is 14.9. The van der Waals surface area contributed by atoms with Crippen molar-refractivity contribution in [3.63, 3.8) is 0 Å². The molecule has 0 radical (unpaired) electrons. The first-order valence-electron chi connectivity index (χ1n) is 7.15. The largest absolute Gasteiger partial charge is 0.385 e. The number of fused-ring (bicyclic) bond motifs is 1. The van der Waals surface area contributed by atoms with Crippen molar-refractivity contribution in [2.24, 2.45) is 0 Å². The quantitative estimate of drug-likeness (QED) is 0.841. The van der Waals surface area contributed by atoms with E-state index in [1.54, 1.807) is 0 Å². The normalized spacial score (nSPS) is 13.8. The number of benzene rings is 2. The highest BCUT2D eigenvalue weighted by Gasteiger charge is 2.09. The maximum Gasteiger partial charge on any atom is 0.0372 e. The van der Waals surface area contributed by atoms with Crippen LogP contribution in [-0.4, -0.2) is 6.54 Å². The second-order valence-corrected chi connectivity index (χ2v) is 5.56. The van der Waals surface area contributed by atoms with Crippen molar-refractivity contribution in [1.29, 1.82) is 0 Å². The van der Waals surface area contributed by atoms with Gasteiger partial charge in [0, 0.05) is 12.2 Å². The van der Waals surface area contributed by atoms with Gasteiger partial charge < -0.3 is 5.32 Å². The molecule has 0 saturated carbocycles. The molecule has 1 aliphatic rings. The fraction of sp³-hybridized carbons (Fsp3) is 0.333. The minimum atomic E-state index is 1.04. The van der Waals surface area contributed by atoms with E-state index >= 15 is 0 Å². The van der Waals surface area contributed by atoms with Gasteiger partial charge in [0.1, 0.15) is 0 Å². The van der Waals surface area contributed by atoms with E-state index in [9.17, 15) is 0 Å². The summed E-state index contributed by atoms with van der Waals surface area (Å²) in [5.74, 6) is 0. The molecule has 19 heavy (non-hydrogen) atoms. The van der Waals surface area contributed by atoms with Gasteiger partial charge in [-0.25, -0.2) is 0 Å². The average Bonchev–Trinajstić information content (AvgIpc) is 2.44. The topological polar surface area (TPSA) is 12.0 Å². The Morgan fingerprint density at radius 1 is 1.11 bits per heavy atom. The van der Waals surface area contributed by atoms with E-state index in [4.69, 9.17) is 0 Å². The van der Waals surface area contributed by atoms with Crippen molar-refractivity contribution in [3.05, 3.63) is 64.2 Å². The molecule has 2 aromatic rings. The Balaban J connectivity index is 1.89. The van der Waals surface area contributed by atoms with Gasteiger partial charge in [-0.1, -0.05) is 30.3 Å². The maximum absolute atomic E-state index is 3.47. The summed E-state index contributed by atoms with van der Waals surface area (Å²) in [7, 11) is 0. The van der Waals surface area contributed by atoms with E-state index < -0.39 is 0 Å². The Hall–Kier alpha value is -1.76. The lowest BCUT2D eigenvalue weighted by Crippen LogP contribution is -2.11. The van der Waals surface area contributed by atoms with E-state index in [1.807, 2.05) is 0 Å². The van der Waals surface area contributed by atoms with Crippen molar-refractivity contribution in [2.75, 3.05) is 11.9 Å². The van der Waals surface area contributed by atoms with Crippen molar-refractivity contribution >= 4 is 5.69 Å². The molecule has 0 saturated heterocycles. The fourth-order valence-electron chi connectivity index (χ4n) is 2.86. The zero-order chi connectivity index (χ0) is 13.2. The zero-order valence-corrected chi connectivity index (χ0v) is 11.8. The van der Waals surface area contributed by atoms with Gasteiger partial charge in [0.2, 0.25) is 0 Å². The second kappa shape index (κ2) is 5.08. The fourth-order valence-corrected chi connectivity index (χ4v) is 2.86. The third kappa shape index (κ3) is 2.51. The number of rotatable bonds is 2. The lowest BCUT2D eigenvalue weighted by molar-refractivity contribution is 0.828. The predicted octanol–water partition coefficient (Wildman–Crippen LogP) is 4.25. The van der Waals surface area contributed by atoms with Crippen LogP contribution in [0, 0.1) is 13.8 Å². The molecule has 3 rings (SSSR count). The SMILES string of the molecule is Cc1cccc(Cc2ccc3c(c2)CCCN3)c1C. The Kier molecular flexibility index (Phi) is 3.29. The van der Waals surface area contributed by atoms with Crippen LogP contribution in [0.1, 0.15) is 34.2 Å². The van der Waals surface area contributed by atoms with Crippen LogP contribution >= 0.6 is 0 Å². The van der Waals surface area contributed by atoms with E-state index in [2.05, 4.69) is 55.6 Å². The first kappa shape index (κ1) is 12.3. The molecule has 0 atom stereocenters. The average molecular weight is 251 g/mol. The monoisotopic (exact) mass is 251 g/mol. The molecule has 0 amide bonds. The summed E-state index contributed by atoms with van der Waals surface area (Å²) in [6, 6.07) is 13.5. The van der Waals surface area contributed by atoms with Crippen LogP contribution < -0.4 is 5.32 Å². The molecule has 0 spiro atoms. The van der Waals surface area contributed by atoms with Gasteiger partial charge in [0.15, 0.2) is 0 Å². The third-order valence-corrected chi connectivity index (χ3v) is 4.22. The van der Waals surface area contributed by atoms with Crippen LogP contribution in [0.25, 0.3) is 0 Å². The van der Waals surface area contributed by atoms with Crippen LogP contribution in [0.15, 0.2) is 36.4 Å². The van der Waals surface area contributed by atoms with E-state index in [1.165, 1.54) is 46.3 Å². The number of nitrogens with one attached hydrogen (secondary N) is 1. The molecule has 1 heterocycles. The van der Waals surface area contributed by atoms with Crippen molar-refractivity contribution in [1.82, 2.24) is 0 Å². The maximum atomic E-state index is 3.47. The minimum absolute atomic E-state index is 1.04. The van der Waals surface area contributed by atoms with Crippen LogP contribution in [0.2, 0.25) is 0 Å². The molecule has 0 aliphatic carbocycles. The highest BCUT2D eigenvalue weighted by Crippen LogP contribution is 2.25. The predicted molar refractivity (Wildman–Crippen MR) is 82.0 cm³/mol. The summed E-state index contributed by atoms with van der Waals surface area (Å²) in [5.41, 5.74) is 8.50. The molecule has 0 aromatic heterocycles. The van der Waals surface area contributed by atoms with Crippen molar-refractivity contribution in [2.45, 2.75) is 33.1 Å². The number of aryl methyl sites for hydroxylation is 2. The molecule has 0 bridgehead atoms. The van der Waals surface area contributed by atoms with Crippen LogP contribution in [0.4, 0.5) is 5.69 Å². The lowest BCUT2D eigenvalue weighted by Gasteiger charge is -2.19. The Labute approximate surface area is 115 Å². The molecule has 2 aromatic carbocycles. The highest BCUT2D eigenvalue weighted by molar-refractivity contribution is 5.55. The summed E-state index contributed by atoms with van der Waals surface area (Å²) >= 11 is 0. The van der Waals surface area contributed by atoms with E-state index in [0.29, 0.717) is 0 Å². The molecule has 0 unspecified atom stereocenters. The summed E-state index contributed by atoms with van der Waals surface area (Å²) < 4.78 is 0. The smallest absolute Gasteiger partial charge is 0.0372 e. The van der Waals surface area contributed by atoms with Crippen molar-refractivity contribution < 1.29 is 0 Å². The van der Waals surface area contributed by atoms with Gasteiger partial charge in [-0.3, -0.25) is 0 Å². The first-order valence-corrected chi connectivity index (χ1v) is 7.15. The molecule has 98 valence electrons. The van der Waals surface area contributed by atoms with Crippen LogP contribution in [-0.2, 0) is 12.8 Å². The molecule has 1 aliphatic heterocycles. The number of anilines is 1. The molecule has 1 N–H and O–H groups in total. The molecular weight excluding hydrogens is 230 g/mol. The Morgan fingerprint density at radius 3 is 2.89 bits per heavy atom. The van der Waals surface area contributed by atoms with Crippen LogP contribution in [0.3, 0.4) is 0 Å². The standard InChI is InChI=1S/C18H21N/c1-13-5-3-6-16(14(13)2)11-15-8-9-18-17(12-15)7-4-10-19-18/h3,5-6,8-9,12,19H,4,7,10-11H2,1-2H3. The first-order chi connectivity index (χ1) is 9.24. The van der Waals surface area contributed by atoms with Crippen molar-refractivity contribution in [3.8, 4) is 0 Å². The zero-order valence-electron chi connectivity index (χ0n) is 11.8. The molecule has 1 heteroatoms. The van der Waals surface area contributed by atoms with E-state index in [0.717, 1.165) is 13.0 Å². The van der Waals surface area contributed by atoms with Gasteiger partial charge in [-0.2, -0.15) is 0 Å². The van der Waals surface area contributed by atoms with Gasteiger partial charge in [-0.05, 0) is 67.0 Å². The minimum Gasteiger partial charge on any atom is -0.385 e. The van der Waals surface area contributed by atoms with Gasteiger partial charge in [-0.15, -0.1) is 0 Å². The summed E-state index contributed by atoms with van der Waals surface area (Å²) in [6.07, 6.45) is 3.50.